The van der Waals surface area contributed by atoms with Gasteiger partial charge >= 0.3 is 0 Å². The van der Waals surface area contributed by atoms with E-state index in [1.54, 1.807) is 0 Å². The zero-order chi connectivity index (χ0) is 17.3. The molecule has 25 heavy (non-hydrogen) atoms. The van der Waals surface area contributed by atoms with E-state index in [9.17, 15) is 8.42 Å². The molecule has 1 aliphatic rings. The molecule has 6 nitrogen and oxygen atoms in total. The first-order valence-electron chi connectivity index (χ1n) is 7.87. The summed E-state index contributed by atoms with van der Waals surface area (Å²) >= 11 is 1.50. The van der Waals surface area contributed by atoms with Crippen molar-refractivity contribution < 1.29 is 8.42 Å². The molecule has 1 fully saturated rings. The Morgan fingerprint density at radius 1 is 1.36 bits per heavy atom. The third kappa shape index (κ3) is 4.44. The first-order chi connectivity index (χ1) is 11.4. The standard InChI is InChI=1S/C16H22N4O2S2.ClH/c1-12(19(2)11-15-10-18-16(17)23-15)13-4-6-14(7-5-13)20-8-3-9-24(20,21)22;/h4-7,10,12H,3,8-9,11H2,1-2H3,(H2,17,18);1H. The second-order valence-corrected chi connectivity index (χ2v) is 9.25. The highest BCUT2D eigenvalue weighted by Crippen LogP contribution is 2.28. The number of nitrogens with two attached hydrogens (primary N) is 1. The molecule has 1 unspecified atom stereocenters. The summed E-state index contributed by atoms with van der Waals surface area (Å²) in [4.78, 5) is 7.42. The van der Waals surface area contributed by atoms with Crippen molar-refractivity contribution in [2.24, 2.45) is 0 Å². The van der Waals surface area contributed by atoms with Gasteiger partial charge in [-0.15, -0.1) is 23.7 Å². The molecular formula is C16H23ClN4O2S2. The molecule has 2 N–H and O–H groups in total. The molecule has 9 heteroatoms. The van der Waals surface area contributed by atoms with Crippen LogP contribution in [0.25, 0.3) is 0 Å². The van der Waals surface area contributed by atoms with E-state index >= 15 is 0 Å². The normalized spacial score (nSPS) is 17.5. The van der Waals surface area contributed by atoms with E-state index in [4.69, 9.17) is 5.73 Å². The predicted molar refractivity (Wildman–Crippen MR) is 106 cm³/mol. The van der Waals surface area contributed by atoms with Gasteiger partial charge in [0.25, 0.3) is 0 Å². The van der Waals surface area contributed by atoms with Gasteiger partial charge in [-0.25, -0.2) is 13.4 Å². The van der Waals surface area contributed by atoms with Crippen LogP contribution in [0.3, 0.4) is 0 Å². The SMILES string of the molecule is CC(c1ccc(N2CCCS2(=O)=O)cc1)N(C)Cc1cnc(N)s1.Cl. The zero-order valence-electron chi connectivity index (χ0n) is 14.3. The molecular weight excluding hydrogens is 380 g/mol. The summed E-state index contributed by atoms with van der Waals surface area (Å²) in [5.41, 5.74) is 7.57. The average Bonchev–Trinajstić information content (AvgIpc) is 3.11. The van der Waals surface area contributed by atoms with Crippen LogP contribution in [0.2, 0.25) is 0 Å². The summed E-state index contributed by atoms with van der Waals surface area (Å²) in [6.45, 7) is 3.48. The van der Waals surface area contributed by atoms with Gasteiger partial charge in [0.1, 0.15) is 0 Å². The maximum Gasteiger partial charge on any atom is 0.235 e. The second-order valence-electron chi connectivity index (χ2n) is 6.09. The summed E-state index contributed by atoms with van der Waals surface area (Å²) in [6.07, 6.45) is 2.51. The van der Waals surface area contributed by atoms with Crippen molar-refractivity contribution in [3.8, 4) is 0 Å². The monoisotopic (exact) mass is 402 g/mol. The van der Waals surface area contributed by atoms with Crippen LogP contribution in [0.15, 0.2) is 30.5 Å². The van der Waals surface area contributed by atoms with Crippen LogP contribution < -0.4 is 10.0 Å². The van der Waals surface area contributed by atoms with E-state index in [1.807, 2.05) is 30.5 Å². The minimum atomic E-state index is -3.12. The maximum atomic E-state index is 12.0. The topological polar surface area (TPSA) is 79.5 Å². The number of aromatic nitrogens is 1. The number of sulfonamides is 1. The minimum Gasteiger partial charge on any atom is -0.375 e. The Balaban J connectivity index is 0.00000225. The number of nitrogens with zero attached hydrogens (tertiary/aromatic N) is 3. The number of rotatable bonds is 5. The van der Waals surface area contributed by atoms with Gasteiger partial charge in [0, 0.05) is 30.2 Å². The Kier molecular flexibility index (Phi) is 6.31. The summed E-state index contributed by atoms with van der Waals surface area (Å²) in [5.74, 6) is 0.242. The first-order valence-corrected chi connectivity index (χ1v) is 10.3. The van der Waals surface area contributed by atoms with Gasteiger partial charge in [0.2, 0.25) is 10.0 Å². The highest BCUT2D eigenvalue weighted by molar-refractivity contribution is 7.93. The van der Waals surface area contributed by atoms with Crippen molar-refractivity contribution in [2.45, 2.75) is 25.9 Å². The molecule has 2 aromatic rings. The molecule has 0 aliphatic carbocycles. The first kappa shape index (κ1) is 20.0. The molecule has 138 valence electrons. The van der Waals surface area contributed by atoms with Gasteiger partial charge in [-0.2, -0.15) is 0 Å². The van der Waals surface area contributed by atoms with Gasteiger partial charge in [-0.1, -0.05) is 12.1 Å². The Labute approximate surface area is 159 Å². The summed E-state index contributed by atoms with van der Waals surface area (Å²) in [6, 6.07) is 8.01. The molecule has 1 atom stereocenters. The summed E-state index contributed by atoms with van der Waals surface area (Å²) < 4.78 is 25.5. The molecule has 1 aromatic heterocycles. The van der Waals surface area contributed by atoms with Gasteiger partial charge in [-0.3, -0.25) is 9.21 Å². The Hall–Kier alpha value is -1.35. The quantitative estimate of drug-likeness (QED) is 0.831. The highest BCUT2D eigenvalue weighted by atomic mass is 35.5. The summed E-state index contributed by atoms with van der Waals surface area (Å²) in [5, 5.41) is 0.585. The van der Waals surface area contributed by atoms with Gasteiger partial charge in [0.15, 0.2) is 5.13 Å². The third-order valence-corrected chi connectivity index (χ3v) is 7.08. The number of nitrogen functional groups attached to an aromatic ring is 1. The van der Waals surface area contributed by atoms with E-state index in [-0.39, 0.29) is 24.2 Å². The molecule has 3 rings (SSSR count). The van der Waals surface area contributed by atoms with Crippen LogP contribution in [0.1, 0.15) is 29.8 Å². The average molecular weight is 403 g/mol. The molecule has 0 radical (unpaired) electrons. The van der Waals surface area contributed by atoms with Crippen LogP contribution in [0.4, 0.5) is 10.8 Å². The molecule has 1 aliphatic heterocycles. The van der Waals surface area contributed by atoms with E-state index < -0.39 is 10.0 Å². The molecule has 1 saturated heterocycles. The highest BCUT2D eigenvalue weighted by Gasteiger charge is 2.28. The molecule has 0 amide bonds. The number of hydrogen-bond donors (Lipinski definition) is 1. The lowest BCUT2D eigenvalue weighted by Crippen LogP contribution is -2.25. The van der Waals surface area contributed by atoms with Crippen molar-refractivity contribution in [2.75, 3.05) is 29.4 Å². The zero-order valence-corrected chi connectivity index (χ0v) is 16.7. The lowest BCUT2D eigenvalue weighted by atomic mass is 10.1. The molecule has 1 aromatic carbocycles. The number of halogens is 1. The van der Waals surface area contributed by atoms with Crippen molar-refractivity contribution >= 4 is 44.6 Å². The fourth-order valence-corrected chi connectivity index (χ4v) is 5.19. The molecule has 0 saturated carbocycles. The van der Waals surface area contributed by atoms with Gasteiger partial charge in [0.05, 0.1) is 11.4 Å². The molecule has 2 heterocycles. The van der Waals surface area contributed by atoms with Crippen LogP contribution in [-0.4, -0.2) is 37.6 Å². The maximum absolute atomic E-state index is 12.0. The molecule has 0 spiro atoms. The van der Waals surface area contributed by atoms with Crippen LogP contribution in [-0.2, 0) is 16.6 Å². The van der Waals surface area contributed by atoms with Gasteiger partial charge < -0.3 is 5.73 Å². The van der Waals surface area contributed by atoms with Crippen LogP contribution in [0.5, 0.6) is 0 Å². The minimum absolute atomic E-state index is 0. The van der Waals surface area contributed by atoms with Crippen molar-refractivity contribution in [3.05, 3.63) is 40.9 Å². The number of benzene rings is 1. The van der Waals surface area contributed by atoms with E-state index in [0.717, 1.165) is 22.7 Å². The number of anilines is 2. The molecule has 0 bridgehead atoms. The Morgan fingerprint density at radius 3 is 2.56 bits per heavy atom. The lowest BCUT2D eigenvalue weighted by molar-refractivity contribution is 0.255. The third-order valence-electron chi connectivity index (χ3n) is 4.40. The van der Waals surface area contributed by atoms with Crippen molar-refractivity contribution in [1.82, 2.24) is 9.88 Å². The smallest absolute Gasteiger partial charge is 0.235 e. The summed E-state index contributed by atoms with van der Waals surface area (Å²) in [7, 11) is -1.07. The fourth-order valence-electron chi connectivity index (χ4n) is 2.88. The van der Waals surface area contributed by atoms with E-state index in [0.29, 0.717) is 18.1 Å². The lowest BCUT2D eigenvalue weighted by Gasteiger charge is -2.25. The Morgan fingerprint density at radius 2 is 2.04 bits per heavy atom. The largest absolute Gasteiger partial charge is 0.375 e. The number of thiazole rings is 1. The van der Waals surface area contributed by atoms with Crippen LogP contribution >= 0.6 is 23.7 Å². The van der Waals surface area contributed by atoms with E-state index in [1.165, 1.54) is 15.6 Å². The fraction of sp³-hybridized carbons (Fsp3) is 0.438. The predicted octanol–water partition coefficient (Wildman–Crippen LogP) is 2.88. The van der Waals surface area contributed by atoms with Gasteiger partial charge in [-0.05, 0) is 38.1 Å². The van der Waals surface area contributed by atoms with Crippen molar-refractivity contribution in [3.63, 3.8) is 0 Å². The van der Waals surface area contributed by atoms with Crippen LogP contribution in [0, 0.1) is 0 Å². The second kappa shape index (κ2) is 7.90. The Bertz CT molecular complexity index is 808. The van der Waals surface area contributed by atoms with E-state index in [2.05, 4.69) is 23.9 Å². The van der Waals surface area contributed by atoms with Crippen molar-refractivity contribution in [1.29, 1.82) is 0 Å². The number of hydrogen-bond acceptors (Lipinski definition) is 6.